The lowest BCUT2D eigenvalue weighted by Gasteiger charge is -2.34. The molecule has 0 aliphatic carbocycles. The second-order valence-corrected chi connectivity index (χ2v) is 6.38. The standard InChI is InChI=1S/C15H18F3NO3S/c16-15(17,18)12-6-1-2-7-13(12)23-19-8-4-3-5-11(19)9-22-10-14(20)21/h1-2,6-7,11H,3-5,8-10H2,(H,20,21). The molecule has 128 valence electrons. The number of hydrogen-bond donors (Lipinski definition) is 1. The third kappa shape index (κ3) is 5.40. The Labute approximate surface area is 136 Å². The molecule has 1 fully saturated rings. The highest BCUT2D eigenvalue weighted by atomic mass is 32.2. The van der Waals surface area contributed by atoms with E-state index in [0.717, 1.165) is 37.3 Å². The molecule has 1 saturated heterocycles. The maximum atomic E-state index is 13.1. The average Bonchev–Trinajstić information content (AvgIpc) is 2.48. The Hall–Kier alpha value is -1.25. The van der Waals surface area contributed by atoms with Crippen molar-refractivity contribution in [3.63, 3.8) is 0 Å². The maximum Gasteiger partial charge on any atom is 0.417 e. The number of halogens is 3. The van der Waals surface area contributed by atoms with Gasteiger partial charge in [-0.25, -0.2) is 9.10 Å². The van der Waals surface area contributed by atoms with Crippen molar-refractivity contribution >= 4 is 17.9 Å². The Morgan fingerprint density at radius 3 is 2.78 bits per heavy atom. The van der Waals surface area contributed by atoms with Gasteiger partial charge in [0.15, 0.2) is 0 Å². The minimum atomic E-state index is -4.39. The van der Waals surface area contributed by atoms with Gasteiger partial charge in [-0.05, 0) is 36.9 Å². The first kappa shape index (κ1) is 18.1. The lowest BCUT2D eigenvalue weighted by molar-refractivity contribution is -0.143. The summed E-state index contributed by atoms with van der Waals surface area (Å²) in [7, 11) is 0. The van der Waals surface area contributed by atoms with Gasteiger partial charge in [0, 0.05) is 17.5 Å². The third-order valence-corrected chi connectivity index (χ3v) is 4.78. The van der Waals surface area contributed by atoms with Crippen LogP contribution < -0.4 is 0 Å². The van der Waals surface area contributed by atoms with Crippen molar-refractivity contribution in [3.8, 4) is 0 Å². The van der Waals surface area contributed by atoms with E-state index in [1.165, 1.54) is 12.1 Å². The molecule has 1 atom stereocenters. The number of aliphatic carboxylic acids is 1. The number of alkyl halides is 3. The molecule has 1 aliphatic rings. The van der Waals surface area contributed by atoms with Crippen LogP contribution in [0.1, 0.15) is 24.8 Å². The van der Waals surface area contributed by atoms with Crippen LogP contribution in [0.3, 0.4) is 0 Å². The van der Waals surface area contributed by atoms with Crippen LogP contribution >= 0.6 is 11.9 Å². The molecule has 1 unspecified atom stereocenters. The van der Waals surface area contributed by atoms with Crippen molar-refractivity contribution in [2.45, 2.75) is 36.4 Å². The van der Waals surface area contributed by atoms with Gasteiger partial charge in [-0.1, -0.05) is 18.6 Å². The number of hydrogen-bond acceptors (Lipinski definition) is 4. The fraction of sp³-hybridized carbons (Fsp3) is 0.533. The lowest BCUT2D eigenvalue weighted by Crippen LogP contribution is -2.38. The first-order valence-corrected chi connectivity index (χ1v) is 8.05. The van der Waals surface area contributed by atoms with E-state index in [4.69, 9.17) is 9.84 Å². The minimum Gasteiger partial charge on any atom is -0.480 e. The summed E-state index contributed by atoms with van der Waals surface area (Å²) in [4.78, 5) is 10.7. The lowest BCUT2D eigenvalue weighted by atomic mass is 10.1. The van der Waals surface area contributed by atoms with Crippen LogP contribution in [0.5, 0.6) is 0 Å². The van der Waals surface area contributed by atoms with Crippen LogP contribution in [0.15, 0.2) is 29.2 Å². The Balaban J connectivity index is 2.06. The zero-order valence-corrected chi connectivity index (χ0v) is 13.2. The molecule has 2 rings (SSSR count). The number of piperidine rings is 1. The molecule has 4 nitrogen and oxygen atoms in total. The second-order valence-electron chi connectivity index (χ2n) is 5.28. The van der Waals surface area contributed by atoms with E-state index in [1.807, 2.05) is 4.31 Å². The van der Waals surface area contributed by atoms with Crippen molar-refractivity contribution in [2.75, 3.05) is 19.8 Å². The largest absolute Gasteiger partial charge is 0.480 e. The van der Waals surface area contributed by atoms with E-state index in [2.05, 4.69) is 0 Å². The fourth-order valence-corrected chi connectivity index (χ4v) is 3.66. The molecule has 1 aromatic carbocycles. The first-order chi connectivity index (χ1) is 10.9. The number of carbonyl (C=O) groups is 1. The van der Waals surface area contributed by atoms with Crippen LogP contribution in [0.25, 0.3) is 0 Å². The Morgan fingerprint density at radius 2 is 2.09 bits per heavy atom. The fourth-order valence-electron chi connectivity index (χ4n) is 2.45. The summed E-state index contributed by atoms with van der Waals surface area (Å²) in [5.74, 6) is -1.05. The average molecular weight is 349 g/mol. The zero-order valence-electron chi connectivity index (χ0n) is 12.4. The van der Waals surface area contributed by atoms with Crippen molar-refractivity contribution in [1.82, 2.24) is 4.31 Å². The zero-order chi connectivity index (χ0) is 16.9. The quantitative estimate of drug-likeness (QED) is 0.794. The van der Waals surface area contributed by atoms with Gasteiger partial charge < -0.3 is 9.84 Å². The summed E-state index contributed by atoms with van der Waals surface area (Å²) in [5, 5.41) is 8.60. The van der Waals surface area contributed by atoms with Gasteiger partial charge >= 0.3 is 12.1 Å². The number of benzene rings is 1. The van der Waals surface area contributed by atoms with E-state index in [9.17, 15) is 18.0 Å². The van der Waals surface area contributed by atoms with Gasteiger partial charge in [-0.15, -0.1) is 0 Å². The monoisotopic (exact) mass is 349 g/mol. The van der Waals surface area contributed by atoms with Crippen LogP contribution in [0.4, 0.5) is 13.2 Å². The molecule has 8 heteroatoms. The normalized spacial score (nSPS) is 19.7. The van der Waals surface area contributed by atoms with Gasteiger partial charge in [0.05, 0.1) is 12.2 Å². The smallest absolute Gasteiger partial charge is 0.417 e. The van der Waals surface area contributed by atoms with E-state index in [0.29, 0.717) is 6.54 Å². The van der Waals surface area contributed by atoms with Crippen molar-refractivity contribution < 1.29 is 27.8 Å². The molecule has 0 spiro atoms. The SMILES string of the molecule is O=C(O)COCC1CCCCN1Sc1ccccc1C(F)(F)F. The molecule has 0 saturated carbocycles. The minimum absolute atomic E-state index is 0.0885. The Bertz CT molecular complexity index is 539. The number of rotatable bonds is 6. The maximum absolute atomic E-state index is 13.1. The molecule has 0 amide bonds. The number of carboxylic acid groups (broad SMARTS) is 1. The predicted octanol–water partition coefficient (Wildman–Crippen LogP) is 3.67. The van der Waals surface area contributed by atoms with E-state index in [1.54, 1.807) is 6.07 Å². The molecule has 1 aromatic rings. The third-order valence-electron chi connectivity index (χ3n) is 3.52. The van der Waals surface area contributed by atoms with Gasteiger partial charge in [-0.3, -0.25) is 0 Å². The van der Waals surface area contributed by atoms with E-state index >= 15 is 0 Å². The summed E-state index contributed by atoms with van der Waals surface area (Å²) in [6.45, 7) is 0.458. The van der Waals surface area contributed by atoms with Crippen molar-refractivity contribution in [1.29, 1.82) is 0 Å². The van der Waals surface area contributed by atoms with E-state index < -0.39 is 24.3 Å². The Morgan fingerprint density at radius 1 is 1.35 bits per heavy atom. The highest BCUT2D eigenvalue weighted by Gasteiger charge is 2.34. The first-order valence-electron chi connectivity index (χ1n) is 7.28. The van der Waals surface area contributed by atoms with Gasteiger partial charge in [-0.2, -0.15) is 13.2 Å². The van der Waals surface area contributed by atoms with Crippen LogP contribution in [0.2, 0.25) is 0 Å². The molecular weight excluding hydrogens is 331 g/mol. The highest BCUT2D eigenvalue weighted by Crippen LogP contribution is 2.39. The second kappa shape index (κ2) is 8.03. The molecule has 23 heavy (non-hydrogen) atoms. The van der Waals surface area contributed by atoms with Crippen LogP contribution in [-0.4, -0.2) is 41.2 Å². The molecule has 1 aliphatic heterocycles. The summed E-state index contributed by atoms with van der Waals surface area (Å²) < 4.78 is 46.2. The summed E-state index contributed by atoms with van der Waals surface area (Å²) in [6.07, 6.45) is -1.76. The summed E-state index contributed by atoms with van der Waals surface area (Å²) >= 11 is 1.07. The predicted molar refractivity (Wildman–Crippen MR) is 80.1 cm³/mol. The molecule has 1 heterocycles. The van der Waals surface area contributed by atoms with Gasteiger partial charge in [0.1, 0.15) is 6.61 Å². The molecule has 1 N–H and O–H groups in total. The molecular formula is C15H18F3NO3S. The Kier molecular flexibility index (Phi) is 6.32. The molecule has 0 aromatic heterocycles. The molecule has 0 bridgehead atoms. The number of ether oxygens (including phenoxy) is 1. The number of carboxylic acids is 1. The number of nitrogens with zero attached hydrogens (tertiary/aromatic N) is 1. The van der Waals surface area contributed by atoms with Crippen molar-refractivity contribution in [3.05, 3.63) is 29.8 Å². The van der Waals surface area contributed by atoms with Crippen LogP contribution in [0, 0.1) is 0 Å². The highest BCUT2D eigenvalue weighted by molar-refractivity contribution is 7.97. The summed E-state index contributed by atoms with van der Waals surface area (Å²) in [5.41, 5.74) is -0.652. The topological polar surface area (TPSA) is 49.8 Å². The van der Waals surface area contributed by atoms with Gasteiger partial charge in [0.25, 0.3) is 0 Å². The molecule has 0 radical (unpaired) electrons. The van der Waals surface area contributed by atoms with Gasteiger partial charge in [0.2, 0.25) is 0 Å². The van der Waals surface area contributed by atoms with E-state index in [-0.39, 0.29) is 17.5 Å². The van der Waals surface area contributed by atoms with Crippen LogP contribution in [-0.2, 0) is 15.7 Å². The van der Waals surface area contributed by atoms with Crippen molar-refractivity contribution in [2.24, 2.45) is 0 Å². The summed E-state index contributed by atoms with van der Waals surface area (Å²) in [6, 6.07) is 5.39.